The number of halogens is 3. The summed E-state index contributed by atoms with van der Waals surface area (Å²) in [4.78, 5) is 26.7. The van der Waals surface area contributed by atoms with E-state index >= 15 is 4.39 Å². The van der Waals surface area contributed by atoms with Crippen LogP contribution in [0.25, 0.3) is 0 Å². The summed E-state index contributed by atoms with van der Waals surface area (Å²) in [5.74, 6) is -2.76. The molecular formula is C24H25BCl2FN3O2. The minimum atomic E-state index is -1.27. The summed E-state index contributed by atoms with van der Waals surface area (Å²) in [5, 5.41) is 6.64. The molecule has 172 valence electrons. The van der Waals surface area contributed by atoms with Crippen LogP contribution in [0.15, 0.2) is 36.4 Å². The second-order valence-corrected chi connectivity index (χ2v) is 10.0. The van der Waals surface area contributed by atoms with Crippen LogP contribution in [0.3, 0.4) is 0 Å². The van der Waals surface area contributed by atoms with Gasteiger partial charge in [0, 0.05) is 22.2 Å². The molecule has 2 amide bonds. The number of benzene rings is 2. The number of carbonyl (C=O) groups is 2. The highest BCUT2D eigenvalue weighted by Crippen LogP contribution is 2.57. The van der Waals surface area contributed by atoms with Crippen molar-refractivity contribution in [2.75, 3.05) is 5.32 Å². The minimum Gasteiger partial charge on any atom is -0.368 e. The monoisotopic (exact) mass is 487 g/mol. The first kappa shape index (κ1) is 24.1. The van der Waals surface area contributed by atoms with Crippen molar-refractivity contribution in [2.24, 2.45) is 11.1 Å². The predicted molar refractivity (Wildman–Crippen MR) is 130 cm³/mol. The van der Waals surface area contributed by atoms with Crippen LogP contribution in [0.1, 0.15) is 50.5 Å². The van der Waals surface area contributed by atoms with Crippen molar-refractivity contribution in [3.63, 3.8) is 0 Å². The molecule has 1 aliphatic heterocycles. The van der Waals surface area contributed by atoms with Crippen molar-refractivity contribution in [1.82, 2.24) is 5.32 Å². The fourth-order valence-electron chi connectivity index (χ4n) is 5.75. The fourth-order valence-corrected chi connectivity index (χ4v) is 6.11. The number of primary amides is 1. The first-order chi connectivity index (χ1) is 15.6. The van der Waals surface area contributed by atoms with Crippen LogP contribution in [-0.2, 0) is 9.59 Å². The summed E-state index contributed by atoms with van der Waals surface area (Å²) in [6, 6.07) is 8.62. The van der Waals surface area contributed by atoms with Crippen LogP contribution in [-0.4, -0.2) is 31.2 Å². The molecule has 1 saturated heterocycles. The Morgan fingerprint density at radius 1 is 1.18 bits per heavy atom. The van der Waals surface area contributed by atoms with Gasteiger partial charge < -0.3 is 11.1 Å². The van der Waals surface area contributed by atoms with E-state index in [4.69, 9.17) is 36.8 Å². The Morgan fingerprint density at radius 2 is 1.88 bits per heavy atom. The van der Waals surface area contributed by atoms with E-state index in [-0.39, 0.29) is 22.0 Å². The third-order valence-corrected chi connectivity index (χ3v) is 7.95. The van der Waals surface area contributed by atoms with Crippen LogP contribution in [0.4, 0.5) is 10.1 Å². The Bertz CT molecular complexity index is 1110. The van der Waals surface area contributed by atoms with Gasteiger partial charge in [-0.15, -0.1) is 0 Å². The average Bonchev–Trinajstić information content (AvgIpc) is 3.02. The van der Waals surface area contributed by atoms with Crippen LogP contribution in [0, 0.1) is 11.2 Å². The number of nitrogens with two attached hydrogens (primary N) is 1. The molecule has 3 atom stereocenters. The Labute approximate surface area is 204 Å². The lowest BCUT2D eigenvalue weighted by molar-refractivity contribution is -0.129. The van der Waals surface area contributed by atoms with Gasteiger partial charge in [0.05, 0.1) is 16.5 Å². The SMILES string of the molecule is [B]c1ccc(Cl)c(F)c1C1[C@H](C(N)=O)NC2(CCCCC2)C1(C)C(=O)Nc1cccc(Cl)c1. The predicted octanol–water partition coefficient (Wildman–Crippen LogP) is 3.81. The quantitative estimate of drug-likeness (QED) is 0.573. The number of amides is 2. The van der Waals surface area contributed by atoms with E-state index < -0.39 is 34.6 Å². The number of carbonyl (C=O) groups excluding carboxylic acids is 2. The molecule has 0 bridgehead atoms. The van der Waals surface area contributed by atoms with E-state index in [1.54, 1.807) is 31.2 Å². The minimum absolute atomic E-state index is 0.0324. The highest BCUT2D eigenvalue weighted by molar-refractivity contribution is 6.35. The maximum atomic E-state index is 15.5. The normalized spacial score (nSPS) is 26.3. The maximum Gasteiger partial charge on any atom is 0.235 e. The van der Waals surface area contributed by atoms with Gasteiger partial charge in [-0.2, -0.15) is 0 Å². The zero-order chi connectivity index (χ0) is 24.0. The van der Waals surface area contributed by atoms with Gasteiger partial charge in [-0.3, -0.25) is 14.9 Å². The summed E-state index contributed by atoms with van der Waals surface area (Å²) < 4.78 is 15.5. The molecule has 9 heteroatoms. The third kappa shape index (κ3) is 3.94. The van der Waals surface area contributed by atoms with E-state index in [0.717, 1.165) is 19.3 Å². The lowest BCUT2D eigenvalue weighted by Crippen LogP contribution is -2.58. The maximum absolute atomic E-state index is 15.5. The van der Waals surface area contributed by atoms with Crippen LogP contribution in [0.2, 0.25) is 10.0 Å². The fraction of sp³-hybridized carbons (Fsp3) is 0.417. The highest BCUT2D eigenvalue weighted by atomic mass is 35.5. The molecule has 0 aromatic heterocycles. The smallest absolute Gasteiger partial charge is 0.235 e. The van der Waals surface area contributed by atoms with E-state index in [2.05, 4.69) is 10.6 Å². The molecule has 2 fully saturated rings. The second-order valence-electron chi connectivity index (χ2n) is 9.18. The first-order valence-electron chi connectivity index (χ1n) is 11.0. The number of rotatable bonds is 4. The molecule has 2 radical (unpaired) electrons. The zero-order valence-corrected chi connectivity index (χ0v) is 19.8. The molecule has 4 rings (SSSR count). The largest absolute Gasteiger partial charge is 0.368 e. The van der Waals surface area contributed by atoms with Crippen molar-refractivity contribution < 1.29 is 14.0 Å². The van der Waals surface area contributed by atoms with E-state index in [1.807, 2.05) is 0 Å². The number of hydrogen-bond donors (Lipinski definition) is 3. The molecule has 5 nitrogen and oxygen atoms in total. The average molecular weight is 488 g/mol. The molecule has 2 aliphatic rings. The highest BCUT2D eigenvalue weighted by Gasteiger charge is 2.66. The van der Waals surface area contributed by atoms with Gasteiger partial charge in [-0.25, -0.2) is 4.39 Å². The molecule has 1 heterocycles. The standard InChI is InChI=1S/C24H25BCl2FN3O2/c1-23(22(33)30-14-7-5-6-13(26)12-14)18(17-15(25)8-9-16(27)19(17)28)20(21(29)32)31-24(23)10-3-2-4-11-24/h5-9,12,18,20,31H,2-4,10-11H2,1H3,(H2,29,32)(H,30,33)/t18?,20-,23?/m1/s1. The zero-order valence-electron chi connectivity index (χ0n) is 18.3. The van der Waals surface area contributed by atoms with Gasteiger partial charge in [-0.1, -0.05) is 60.1 Å². The van der Waals surface area contributed by atoms with E-state index in [1.165, 1.54) is 12.1 Å². The Balaban J connectivity index is 1.92. The van der Waals surface area contributed by atoms with E-state index in [9.17, 15) is 9.59 Å². The Hall–Kier alpha value is -2.09. The number of anilines is 1. The third-order valence-electron chi connectivity index (χ3n) is 7.43. The van der Waals surface area contributed by atoms with Crippen molar-refractivity contribution >= 4 is 54.0 Å². The lowest BCUT2D eigenvalue weighted by atomic mass is 9.57. The summed E-state index contributed by atoms with van der Waals surface area (Å²) in [6.45, 7) is 1.76. The summed E-state index contributed by atoms with van der Waals surface area (Å²) in [6.07, 6.45) is 4.00. The lowest BCUT2D eigenvalue weighted by Gasteiger charge is -2.47. The Morgan fingerprint density at radius 3 is 2.52 bits per heavy atom. The van der Waals surface area contributed by atoms with Crippen molar-refractivity contribution in [3.8, 4) is 0 Å². The van der Waals surface area contributed by atoms with Crippen molar-refractivity contribution in [2.45, 2.75) is 56.5 Å². The van der Waals surface area contributed by atoms with Gasteiger partial charge in [-0.05, 0) is 49.6 Å². The van der Waals surface area contributed by atoms with Gasteiger partial charge in [0.25, 0.3) is 0 Å². The molecule has 2 unspecified atom stereocenters. The van der Waals surface area contributed by atoms with Gasteiger partial charge in [0.1, 0.15) is 13.7 Å². The first-order valence-corrected chi connectivity index (χ1v) is 11.7. The molecule has 33 heavy (non-hydrogen) atoms. The molecule has 2 aromatic rings. The summed E-state index contributed by atoms with van der Waals surface area (Å²) in [7, 11) is 6.22. The molecule has 4 N–H and O–H groups in total. The van der Waals surface area contributed by atoms with Gasteiger partial charge in [0.15, 0.2) is 0 Å². The molecule has 1 aliphatic carbocycles. The summed E-state index contributed by atoms with van der Waals surface area (Å²) >= 11 is 12.2. The van der Waals surface area contributed by atoms with Crippen molar-refractivity contribution in [1.29, 1.82) is 0 Å². The number of hydrogen-bond acceptors (Lipinski definition) is 3. The summed E-state index contributed by atoms with van der Waals surface area (Å²) in [5.41, 5.74) is 4.40. The molecule has 1 spiro atoms. The Kier molecular flexibility index (Phi) is 6.51. The van der Waals surface area contributed by atoms with Crippen LogP contribution in [0.5, 0.6) is 0 Å². The van der Waals surface area contributed by atoms with Gasteiger partial charge in [0.2, 0.25) is 11.8 Å². The molecule has 1 saturated carbocycles. The second kappa shape index (κ2) is 8.93. The van der Waals surface area contributed by atoms with Gasteiger partial charge >= 0.3 is 0 Å². The van der Waals surface area contributed by atoms with Crippen LogP contribution < -0.4 is 21.8 Å². The van der Waals surface area contributed by atoms with Crippen LogP contribution >= 0.6 is 23.2 Å². The topological polar surface area (TPSA) is 84.2 Å². The number of nitrogens with one attached hydrogen (secondary N) is 2. The molecule has 2 aromatic carbocycles. The van der Waals surface area contributed by atoms with Crippen molar-refractivity contribution in [3.05, 3.63) is 57.8 Å². The van der Waals surface area contributed by atoms with E-state index in [0.29, 0.717) is 23.6 Å². The molecular weight excluding hydrogens is 463 g/mol.